The predicted molar refractivity (Wildman–Crippen MR) is 105 cm³/mol. The molecular formula is C21H31N5O2. The highest BCUT2D eigenvalue weighted by molar-refractivity contribution is 5.81. The SMILES string of the molecule is CN(Cc1ccncn1)C(=O)C1CCCN(C2CCN(C(=O)C3CC3)CC2)C1. The summed E-state index contributed by atoms with van der Waals surface area (Å²) in [5.41, 5.74) is 0.867. The molecule has 7 heteroatoms. The molecule has 3 fully saturated rings. The first-order chi connectivity index (χ1) is 13.6. The zero-order chi connectivity index (χ0) is 19.5. The summed E-state index contributed by atoms with van der Waals surface area (Å²) in [6.45, 7) is 4.19. The molecule has 1 aliphatic carbocycles. The summed E-state index contributed by atoms with van der Waals surface area (Å²) in [6, 6.07) is 2.36. The molecule has 1 atom stereocenters. The summed E-state index contributed by atoms with van der Waals surface area (Å²) in [7, 11) is 1.87. The molecule has 1 aromatic rings. The Bertz CT molecular complexity index is 685. The van der Waals surface area contributed by atoms with E-state index in [1.165, 1.54) is 6.33 Å². The van der Waals surface area contributed by atoms with Gasteiger partial charge >= 0.3 is 0 Å². The molecule has 1 saturated carbocycles. The van der Waals surface area contributed by atoms with Gasteiger partial charge in [0.05, 0.1) is 18.2 Å². The molecule has 1 unspecified atom stereocenters. The Morgan fingerprint density at radius 1 is 1.11 bits per heavy atom. The summed E-state index contributed by atoms with van der Waals surface area (Å²) in [5.74, 6) is 0.965. The maximum atomic E-state index is 13.0. The van der Waals surface area contributed by atoms with Crippen LogP contribution in [0.1, 0.15) is 44.2 Å². The Hall–Kier alpha value is -2.02. The highest BCUT2D eigenvalue weighted by Gasteiger charge is 2.37. The number of carbonyl (C=O) groups is 2. The van der Waals surface area contributed by atoms with Crippen LogP contribution < -0.4 is 0 Å². The van der Waals surface area contributed by atoms with Gasteiger partial charge in [0, 0.05) is 44.8 Å². The van der Waals surface area contributed by atoms with Crippen LogP contribution in [0.2, 0.25) is 0 Å². The van der Waals surface area contributed by atoms with Crippen molar-refractivity contribution in [2.45, 2.75) is 51.1 Å². The van der Waals surface area contributed by atoms with E-state index in [1.54, 1.807) is 11.1 Å². The van der Waals surface area contributed by atoms with Crippen molar-refractivity contribution in [1.82, 2.24) is 24.7 Å². The molecule has 2 saturated heterocycles. The van der Waals surface area contributed by atoms with Crippen LogP contribution >= 0.6 is 0 Å². The maximum absolute atomic E-state index is 13.0. The second kappa shape index (κ2) is 8.55. The number of piperidine rings is 2. The highest BCUT2D eigenvalue weighted by Crippen LogP contribution is 2.32. The van der Waals surface area contributed by atoms with Crippen LogP contribution in [0.4, 0.5) is 0 Å². The number of rotatable bonds is 5. The quantitative estimate of drug-likeness (QED) is 0.769. The molecule has 3 aliphatic rings. The fourth-order valence-corrected chi connectivity index (χ4v) is 4.62. The highest BCUT2D eigenvalue weighted by atomic mass is 16.2. The van der Waals surface area contributed by atoms with Crippen LogP contribution in [0.3, 0.4) is 0 Å². The molecule has 0 bridgehead atoms. The third-order valence-corrected chi connectivity index (χ3v) is 6.44. The first-order valence-electron chi connectivity index (χ1n) is 10.6. The van der Waals surface area contributed by atoms with Crippen molar-refractivity contribution in [2.24, 2.45) is 11.8 Å². The van der Waals surface area contributed by atoms with Crippen LogP contribution in [-0.2, 0) is 16.1 Å². The number of carbonyl (C=O) groups excluding carboxylic acids is 2. The van der Waals surface area contributed by atoms with Crippen LogP contribution in [0.25, 0.3) is 0 Å². The van der Waals surface area contributed by atoms with Crippen LogP contribution in [0, 0.1) is 11.8 Å². The lowest BCUT2D eigenvalue weighted by Crippen LogP contribution is -2.51. The Labute approximate surface area is 167 Å². The molecule has 0 N–H and O–H groups in total. The van der Waals surface area contributed by atoms with Crippen molar-refractivity contribution in [3.05, 3.63) is 24.3 Å². The van der Waals surface area contributed by atoms with E-state index in [1.807, 2.05) is 13.1 Å². The van der Waals surface area contributed by atoms with Crippen molar-refractivity contribution < 1.29 is 9.59 Å². The zero-order valence-corrected chi connectivity index (χ0v) is 16.8. The Kier molecular flexibility index (Phi) is 5.90. The second-order valence-corrected chi connectivity index (χ2v) is 8.56. The third-order valence-electron chi connectivity index (χ3n) is 6.44. The van der Waals surface area contributed by atoms with E-state index < -0.39 is 0 Å². The van der Waals surface area contributed by atoms with Crippen LogP contribution in [0.5, 0.6) is 0 Å². The zero-order valence-electron chi connectivity index (χ0n) is 16.8. The maximum Gasteiger partial charge on any atom is 0.227 e. The van der Waals surface area contributed by atoms with Gasteiger partial charge in [0.2, 0.25) is 11.8 Å². The molecule has 0 aromatic carbocycles. The van der Waals surface area contributed by atoms with Gasteiger partial charge in [-0.25, -0.2) is 9.97 Å². The molecule has 0 spiro atoms. The number of hydrogen-bond donors (Lipinski definition) is 0. The van der Waals surface area contributed by atoms with Gasteiger partial charge in [-0.15, -0.1) is 0 Å². The van der Waals surface area contributed by atoms with E-state index in [2.05, 4.69) is 19.8 Å². The van der Waals surface area contributed by atoms with E-state index in [0.29, 0.717) is 24.4 Å². The molecular weight excluding hydrogens is 354 g/mol. The van der Waals surface area contributed by atoms with Crippen LogP contribution in [-0.4, -0.2) is 75.8 Å². The Balaban J connectivity index is 1.28. The number of aromatic nitrogens is 2. The molecule has 2 amide bonds. The van der Waals surface area contributed by atoms with Crippen molar-refractivity contribution in [3.63, 3.8) is 0 Å². The average Bonchev–Trinajstić information content (AvgIpc) is 3.59. The lowest BCUT2D eigenvalue weighted by atomic mass is 9.92. The molecule has 152 valence electrons. The first-order valence-corrected chi connectivity index (χ1v) is 10.6. The third kappa shape index (κ3) is 4.51. The van der Waals surface area contributed by atoms with Crippen molar-refractivity contribution in [2.75, 3.05) is 33.2 Å². The first kappa shape index (κ1) is 19.3. The monoisotopic (exact) mass is 385 g/mol. The van der Waals surface area contributed by atoms with E-state index >= 15 is 0 Å². The van der Waals surface area contributed by atoms with E-state index in [9.17, 15) is 9.59 Å². The fraction of sp³-hybridized carbons (Fsp3) is 0.714. The smallest absolute Gasteiger partial charge is 0.227 e. The lowest BCUT2D eigenvalue weighted by Gasteiger charge is -2.42. The predicted octanol–water partition coefficient (Wildman–Crippen LogP) is 1.55. The van der Waals surface area contributed by atoms with Gasteiger partial charge in [0.25, 0.3) is 0 Å². The summed E-state index contributed by atoms with van der Waals surface area (Å²) < 4.78 is 0. The molecule has 3 heterocycles. The topological polar surface area (TPSA) is 69.6 Å². The number of likely N-dealkylation sites (tertiary alicyclic amines) is 2. The number of amides is 2. The van der Waals surface area contributed by atoms with Gasteiger partial charge in [-0.1, -0.05) is 0 Å². The summed E-state index contributed by atoms with van der Waals surface area (Å²) in [6.07, 6.45) is 9.50. The largest absolute Gasteiger partial charge is 0.342 e. The standard InChI is InChI=1S/C21H31N5O2/c1-24(14-18-6-9-22-15-23-18)20(27)17-3-2-10-26(13-17)19-7-11-25(12-8-19)21(28)16-4-5-16/h6,9,15-17,19H,2-5,7-8,10-14H2,1H3. The number of nitrogens with zero attached hydrogens (tertiary/aromatic N) is 5. The van der Waals surface area contributed by atoms with Gasteiger partial charge in [0.15, 0.2) is 0 Å². The lowest BCUT2D eigenvalue weighted by molar-refractivity contribution is -0.137. The van der Waals surface area contributed by atoms with Gasteiger partial charge < -0.3 is 9.80 Å². The van der Waals surface area contributed by atoms with Gasteiger partial charge in [-0.05, 0) is 51.1 Å². The average molecular weight is 386 g/mol. The second-order valence-electron chi connectivity index (χ2n) is 8.56. The fourth-order valence-electron chi connectivity index (χ4n) is 4.62. The molecule has 4 rings (SSSR count). The normalized spacial score (nSPS) is 24.2. The minimum Gasteiger partial charge on any atom is -0.342 e. The molecule has 28 heavy (non-hydrogen) atoms. The molecule has 0 radical (unpaired) electrons. The van der Waals surface area contributed by atoms with Gasteiger partial charge in [0.1, 0.15) is 6.33 Å². The van der Waals surface area contributed by atoms with Gasteiger partial charge in [-0.2, -0.15) is 0 Å². The summed E-state index contributed by atoms with van der Waals surface area (Å²) in [5, 5.41) is 0. The van der Waals surface area contributed by atoms with Crippen molar-refractivity contribution in [3.8, 4) is 0 Å². The van der Waals surface area contributed by atoms with E-state index in [4.69, 9.17) is 0 Å². The van der Waals surface area contributed by atoms with E-state index in [0.717, 1.165) is 70.4 Å². The minimum atomic E-state index is 0.0618. The van der Waals surface area contributed by atoms with Crippen LogP contribution in [0.15, 0.2) is 18.6 Å². The van der Waals surface area contributed by atoms with E-state index in [-0.39, 0.29) is 11.8 Å². The number of hydrogen-bond acceptors (Lipinski definition) is 5. The molecule has 7 nitrogen and oxygen atoms in total. The molecule has 1 aromatic heterocycles. The molecule has 2 aliphatic heterocycles. The summed E-state index contributed by atoms with van der Waals surface area (Å²) in [4.78, 5) is 39.7. The van der Waals surface area contributed by atoms with Gasteiger partial charge in [-0.3, -0.25) is 14.5 Å². The Morgan fingerprint density at radius 2 is 1.89 bits per heavy atom. The minimum absolute atomic E-state index is 0.0618. The van der Waals surface area contributed by atoms with Crippen molar-refractivity contribution >= 4 is 11.8 Å². The van der Waals surface area contributed by atoms with Crippen molar-refractivity contribution in [1.29, 1.82) is 0 Å². The summed E-state index contributed by atoms with van der Waals surface area (Å²) >= 11 is 0. The Morgan fingerprint density at radius 3 is 2.57 bits per heavy atom.